The van der Waals surface area contributed by atoms with Gasteiger partial charge < -0.3 is 9.47 Å². The summed E-state index contributed by atoms with van der Waals surface area (Å²) in [7, 11) is 0. The zero-order chi connectivity index (χ0) is 10.8. The van der Waals surface area contributed by atoms with Gasteiger partial charge in [0.25, 0.3) is 0 Å². The third-order valence-corrected chi connectivity index (χ3v) is 1.45. The van der Waals surface area contributed by atoms with Gasteiger partial charge in [0.1, 0.15) is 6.61 Å². The average Bonchev–Trinajstić information content (AvgIpc) is 2.20. The first kappa shape index (κ1) is 12.7. The lowest BCUT2D eigenvalue weighted by atomic mass is 10.2. The second kappa shape index (κ2) is 8.29. The highest BCUT2D eigenvalue weighted by Crippen LogP contribution is 1.96. The molecule has 0 aliphatic rings. The highest BCUT2D eigenvalue weighted by Gasteiger charge is 2.06. The largest absolute Gasteiger partial charge is 0.459 e. The first-order valence-corrected chi connectivity index (χ1v) is 4.62. The second-order valence-corrected chi connectivity index (χ2v) is 2.74. The lowest BCUT2D eigenvalue weighted by Gasteiger charge is -2.03. The van der Waals surface area contributed by atoms with Crippen LogP contribution in [0.4, 0.5) is 0 Å². The summed E-state index contributed by atoms with van der Waals surface area (Å²) in [5.41, 5.74) is 0. The van der Waals surface area contributed by atoms with Gasteiger partial charge in [0.2, 0.25) is 0 Å². The first-order valence-electron chi connectivity index (χ1n) is 4.62. The van der Waals surface area contributed by atoms with Crippen molar-refractivity contribution in [3.63, 3.8) is 0 Å². The van der Waals surface area contributed by atoms with Crippen molar-refractivity contribution in [2.75, 3.05) is 13.2 Å². The molecule has 4 nitrogen and oxygen atoms in total. The molecule has 0 N–H and O–H groups in total. The number of carbonyl (C=O) groups is 2. The van der Waals surface area contributed by atoms with Gasteiger partial charge in [-0.15, -0.1) is 0 Å². The number of esters is 2. The lowest BCUT2D eigenvalue weighted by molar-refractivity contribution is -0.158. The maximum atomic E-state index is 10.9. The summed E-state index contributed by atoms with van der Waals surface area (Å²) >= 11 is 0. The van der Waals surface area contributed by atoms with Crippen LogP contribution in [-0.4, -0.2) is 25.2 Å². The molecular formula is C10H16O4. The van der Waals surface area contributed by atoms with Gasteiger partial charge in [-0.2, -0.15) is 0 Å². The van der Waals surface area contributed by atoms with E-state index in [2.05, 4.69) is 16.1 Å². The van der Waals surface area contributed by atoms with Gasteiger partial charge in [0.15, 0.2) is 6.61 Å². The normalized spacial score (nSPS) is 9.21. The van der Waals surface area contributed by atoms with Gasteiger partial charge in [-0.1, -0.05) is 26.0 Å². The molecule has 0 aromatic carbocycles. The van der Waals surface area contributed by atoms with E-state index < -0.39 is 5.97 Å². The maximum absolute atomic E-state index is 10.9. The Kier molecular flexibility index (Phi) is 7.50. The summed E-state index contributed by atoms with van der Waals surface area (Å²) in [6.07, 6.45) is 3.51. The van der Waals surface area contributed by atoms with Crippen LogP contribution >= 0.6 is 0 Å². The molecule has 0 saturated heterocycles. The Labute approximate surface area is 83.9 Å². The minimum absolute atomic E-state index is 0.144. The highest BCUT2D eigenvalue weighted by atomic mass is 16.6. The van der Waals surface area contributed by atoms with Gasteiger partial charge >= 0.3 is 11.9 Å². The minimum atomic E-state index is -0.547. The van der Waals surface area contributed by atoms with Gasteiger partial charge in [0.05, 0.1) is 0 Å². The number of unbranched alkanes of at least 4 members (excludes halogenated alkanes) is 1. The zero-order valence-corrected chi connectivity index (χ0v) is 8.45. The molecule has 14 heavy (non-hydrogen) atoms. The van der Waals surface area contributed by atoms with E-state index in [9.17, 15) is 9.59 Å². The number of carbonyl (C=O) groups excluding carboxylic acids is 2. The van der Waals surface area contributed by atoms with Crippen LogP contribution in [0.25, 0.3) is 0 Å². The predicted molar refractivity (Wildman–Crippen MR) is 51.6 cm³/mol. The number of hydrogen-bond donors (Lipinski definition) is 0. The molecule has 0 unspecified atom stereocenters. The van der Waals surface area contributed by atoms with Crippen molar-refractivity contribution in [2.45, 2.75) is 26.2 Å². The van der Waals surface area contributed by atoms with Crippen molar-refractivity contribution < 1.29 is 19.1 Å². The molecular weight excluding hydrogens is 184 g/mol. The molecule has 0 heterocycles. The second-order valence-electron chi connectivity index (χ2n) is 2.74. The fraction of sp³-hybridized carbons (Fsp3) is 0.600. The number of hydrogen-bond acceptors (Lipinski definition) is 4. The van der Waals surface area contributed by atoms with Crippen LogP contribution < -0.4 is 0 Å². The quantitative estimate of drug-likeness (QED) is 0.461. The molecule has 0 bridgehead atoms. The summed E-state index contributed by atoms with van der Waals surface area (Å²) in [5.74, 6) is -0.905. The first-order chi connectivity index (χ1) is 6.70. The van der Waals surface area contributed by atoms with Crippen LogP contribution in [0.15, 0.2) is 12.7 Å². The third-order valence-electron chi connectivity index (χ3n) is 1.45. The van der Waals surface area contributed by atoms with Crippen LogP contribution in [0.2, 0.25) is 0 Å². The lowest BCUT2D eigenvalue weighted by Crippen LogP contribution is -2.16. The van der Waals surface area contributed by atoms with Crippen LogP contribution in [-0.2, 0) is 19.1 Å². The van der Waals surface area contributed by atoms with Crippen molar-refractivity contribution >= 4 is 11.9 Å². The highest BCUT2D eigenvalue weighted by molar-refractivity contribution is 5.76. The van der Waals surface area contributed by atoms with E-state index in [0.29, 0.717) is 6.42 Å². The maximum Gasteiger partial charge on any atom is 0.344 e. The summed E-state index contributed by atoms with van der Waals surface area (Å²) in [5, 5.41) is 0. The molecule has 0 saturated carbocycles. The number of rotatable bonds is 7. The molecule has 4 heteroatoms. The van der Waals surface area contributed by atoms with Crippen molar-refractivity contribution in [3.8, 4) is 0 Å². The fourth-order valence-electron chi connectivity index (χ4n) is 0.726. The summed E-state index contributed by atoms with van der Waals surface area (Å²) in [6.45, 7) is 5.20. The van der Waals surface area contributed by atoms with E-state index in [0.717, 1.165) is 12.8 Å². The van der Waals surface area contributed by atoms with Crippen molar-refractivity contribution in [2.24, 2.45) is 0 Å². The Morgan fingerprint density at radius 1 is 1.29 bits per heavy atom. The van der Waals surface area contributed by atoms with Crippen molar-refractivity contribution in [3.05, 3.63) is 12.7 Å². The van der Waals surface area contributed by atoms with Gasteiger partial charge in [-0.05, 0) is 6.42 Å². The molecule has 0 aliphatic heterocycles. The molecule has 0 fully saturated rings. The van der Waals surface area contributed by atoms with E-state index in [1.165, 1.54) is 6.08 Å². The molecule has 0 aliphatic carbocycles. The Hall–Kier alpha value is -1.32. The van der Waals surface area contributed by atoms with Crippen LogP contribution in [0, 0.1) is 0 Å². The molecule has 0 rings (SSSR count). The Morgan fingerprint density at radius 3 is 2.57 bits per heavy atom. The molecule has 0 radical (unpaired) electrons. The molecule has 0 aromatic rings. The zero-order valence-electron chi connectivity index (χ0n) is 8.45. The van der Waals surface area contributed by atoms with Crippen molar-refractivity contribution in [1.82, 2.24) is 0 Å². The third kappa shape index (κ3) is 7.34. The predicted octanol–water partition coefficient (Wildman–Crippen LogP) is 1.45. The molecule has 0 atom stereocenters. The van der Waals surface area contributed by atoms with E-state index >= 15 is 0 Å². The van der Waals surface area contributed by atoms with Crippen LogP contribution in [0.1, 0.15) is 26.2 Å². The van der Waals surface area contributed by atoms with Gasteiger partial charge in [-0.25, -0.2) is 4.79 Å². The number of ether oxygens (including phenoxy) is 2. The van der Waals surface area contributed by atoms with E-state index in [-0.39, 0.29) is 19.2 Å². The Balaban J connectivity index is 3.45. The smallest absolute Gasteiger partial charge is 0.344 e. The topological polar surface area (TPSA) is 52.6 Å². The standard InChI is InChI=1S/C10H16O4/c1-3-5-6-9(11)14-8-10(12)13-7-4-2/h4H,2-3,5-8H2,1H3. The Morgan fingerprint density at radius 2 is 2.00 bits per heavy atom. The average molecular weight is 200 g/mol. The molecule has 0 aromatic heterocycles. The van der Waals surface area contributed by atoms with Gasteiger partial charge in [0, 0.05) is 6.42 Å². The van der Waals surface area contributed by atoms with Gasteiger partial charge in [-0.3, -0.25) is 4.79 Å². The minimum Gasteiger partial charge on any atom is -0.459 e. The van der Waals surface area contributed by atoms with E-state index in [4.69, 9.17) is 0 Å². The molecule has 0 spiro atoms. The molecule has 0 amide bonds. The fourth-order valence-corrected chi connectivity index (χ4v) is 0.726. The Bertz CT molecular complexity index is 198. The molecule has 80 valence electrons. The van der Waals surface area contributed by atoms with Crippen LogP contribution in [0.3, 0.4) is 0 Å². The summed E-state index contributed by atoms with van der Waals surface area (Å²) < 4.78 is 9.27. The van der Waals surface area contributed by atoms with E-state index in [1.807, 2.05) is 6.92 Å². The van der Waals surface area contributed by atoms with Crippen molar-refractivity contribution in [1.29, 1.82) is 0 Å². The SMILES string of the molecule is C=CCOC(=O)COC(=O)CCCC. The van der Waals surface area contributed by atoms with Crippen LogP contribution in [0.5, 0.6) is 0 Å². The monoisotopic (exact) mass is 200 g/mol. The van der Waals surface area contributed by atoms with E-state index in [1.54, 1.807) is 0 Å². The summed E-state index contributed by atoms with van der Waals surface area (Å²) in [4.78, 5) is 21.8. The summed E-state index contributed by atoms with van der Waals surface area (Å²) in [6, 6.07) is 0.